The molecule has 0 spiro atoms. The van der Waals surface area contributed by atoms with Gasteiger partial charge in [0.1, 0.15) is 11.6 Å². The highest BCUT2D eigenvalue weighted by Gasteiger charge is 2.78. The maximum absolute atomic E-state index is 14.1. The molecule has 0 aliphatic heterocycles. The Morgan fingerprint density at radius 3 is 1.29 bits per heavy atom. The number of aryl methyl sites for hydroxylation is 4. The summed E-state index contributed by atoms with van der Waals surface area (Å²) < 4.78 is 84.8. The maximum Gasteiger partial charge on any atom is 0.393 e. The number of aromatic nitrogens is 2. The Labute approximate surface area is 173 Å². The van der Waals surface area contributed by atoms with Gasteiger partial charge >= 0.3 is 29.6 Å². The van der Waals surface area contributed by atoms with Crippen molar-refractivity contribution in [2.75, 3.05) is 10.6 Å². The van der Waals surface area contributed by atoms with Crippen LogP contribution in [0.5, 0.6) is 0 Å². The Hall–Kier alpha value is -3.18. The average Bonchev–Trinajstić information content (AvgIpc) is 2.59. The molecule has 0 atom stereocenters. The molecule has 0 saturated heterocycles. The first kappa shape index (κ1) is 24.1. The lowest BCUT2D eigenvalue weighted by Crippen LogP contribution is -2.63. The maximum atomic E-state index is 14.1. The van der Waals surface area contributed by atoms with E-state index in [1.54, 1.807) is 0 Å². The van der Waals surface area contributed by atoms with E-state index in [1.165, 1.54) is 50.5 Å². The standard InChI is InChI=1S/C19H18F6N4O2/c1-9-5-11(3)26-13(7-9)28-15(30)17(20,21)19(24,25)18(22,23)16(31)29-14-8-10(2)6-12(4)27-14/h5-8H,1-4H3,(H,26,28,30)(H,27,29,31). The van der Waals surface area contributed by atoms with Gasteiger partial charge in [-0.1, -0.05) is 0 Å². The molecule has 12 heteroatoms. The lowest BCUT2D eigenvalue weighted by Gasteiger charge is -2.30. The largest absolute Gasteiger partial charge is 0.393 e. The van der Waals surface area contributed by atoms with Crippen LogP contribution in [0, 0.1) is 27.7 Å². The molecule has 31 heavy (non-hydrogen) atoms. The van der Waals surface area contributed by atoms with Gasteiger partial charge in [0.15, 0.2) is 0 Å². The number of halogens is 6. The number of carbonyl (C=O) groups is 2. The SMILES string of the molecule is Cc1cc(C)nc(NC(=O)C(F)(F)C(F)(F)C(F)(F)C(=O)Nc2cc(C)cc(C)n2)c1. The van der Waals surface area contributed by atoms with Crippen LogP contribution in [-0.2, 0) is 9.59 Å². The average molecular weight is 448 g/mol. The summed E-state index contributed by atoms with van der Waals surface area (Å²) in [7, 11) is 0. The van der Waals surface area contributed by atoms with Gasteiger partial charge in [0.05, 0.1) is 0 Å². The summed E-state index contributed by atoms with van der Waals surface area (Å²) in [6, 6.07) is 5.16. The number of pyridine rings is 2. The minimum absolute atomic E-state index is 0.260. The summed E-state index contributed by atoms with van der Waals surface area (Å²) in [5.41, 5.74) is 1.42. The monoisotopic (exact) mass is 448 g/mol. The Balaban J connectivity index is 2.29. The van der Waals surface area contributed by atoms with E-state index in [9.17, 15) is 35.9 Å². The van der Waals surface area contributed by atoms with Crippen LogP contribution in [0.4, 0.5) is 38.0 Å². The van der Waals surface area contributed by atoms with Crippen LogP contribution < -0.4 is 10.6 Å². The van der Waals surface area contributed by atoms with E-state index in [2.05, 4.69) is 9.97 Å². The van der Waals surface area contributed by atoms with Gasteiger partial charge in [-0.2, -0.15) is 26.3 Å². The zero-order valence-electron chi connectivity index (χ0n) is 16.8. The van der Waals surface area contributed by atoms with Gasteiger partial charge in [-0.25, -0.2) is 9.97 Å². The number of anilines is 2. The second kappa shape index (κ2) is 8.16. The van der Waals surface area contributed by atoms with Crippen molar-refractivity contribution in [2.45, 2.75) is 45.5 Å². The molecule has 0 aliphatic carbocycles. The Bertz CT molecular complexity index is 906. The van der Waals surface area contributed by atoms with Crippen molar-refractivity contribution in [1.82, 2.24) is 9.97 Å². The predicted octanol–water partition coefficient (Wildman–Crippen LogP) is 4.19. The van der Waals surface area contributed by atoms with Crippen LogP contribution in [0.3, 0.4) is 0 Å². The van der Waals surface area contributed by atoms with Crippen LogP contribution in [-0.4, -0.2) is 39.5 Å². The van der Waals surface area contributed by atoms with Crippen LogP contribution in [0.2, 0.25) is 0 Å². The Kier molecular flexibility index (Phi) is 6.34. The molecule has 0 unspecified atom stereocenters. The number of nitrogens with one attached hydrogen (secondary N) is 2. The normalized spacial score (nSPS) is 12.5. The topological polar surface area (TPSA) is 84.0 Å². The van der Waals surface area contributed by atoms with Gasteiger partial charge in [0.25, 0.3) is 0 Å². The lowest BCUT2D eigenvalue weighted by atomic mass is 10.0. The van der Waals surface area contributed by atoms with Crippen molar-refractivity contribution >= 4 is 23.5 Å². The first-order chi connectivity index (χ1) is 14.1. The molecule has 2 aromatic rings. The van der Waals surface area contributed by atoms with Gasteiger partial charge in [0.2, 0.25) is 0 Å². The molecule has 0 bridgehead atoms. The van der Waals surface area contributed by atoms with Crippen molar-refractivity contribution in [1.29, 1.82) is 0 Å². The first-order valence-electron chi connectivity index (χ1n) is 8.75. The molecule has 0 radical (unpaired) electrons. The molecule has 2 N–H and O–H groups in total. The molecule has 0 aromatic carbocycles. The quantitative estimate of drug-likeness (QED) is 0.649. The zero-order chi connectivity index (χ0) is 23.8. The number of alkyl halides is 6. The summed E-state index contributed by atoms with van der Waals surface area (Å²) in [6.07, 6.45) is 0. The molecule has 0 fully saturated rings. The number of hydrogen-bond acceptors (Lipinski definition) is 4. The Morgan fingerprint density at radius 2 is 1.00 bits per heavy atom. The van der Waals surface area contributed by atoms with E-state index in [4.69, 9.17) is 0 Å². The molecule has 2 aromatic heterocycles. The number of carbonyl (C=O) groups excluding carboxylic acids is 2. The van der Waals surface area contributed by atoms with Crippen LogP contribution in [0.15, 0.2) is 24.3 Å². The molecule has 2 rings (SSSR count). The van der Waals surface area contributed by atoms with Crippen molar-refractivity contribution in [2.24, 2.45) is 0 Å². The molecule has 2 heterocycles. The lowest BCUT2D eigenvalue weighted by molar-refractivity contribution is -0.283. The van der Waals surface area contributed by atoms with Crippen molar-refractivity contribution in [3.63, 3.8) is 0 Å². The highest BCUT2D eigenvalue weighted by Crippen LogP contribution is 2.46. The smallest absolute Gasteiger partial charge is 0.305 e. The fourth-order valence-electron chi connectivity index (χ4n) is 2.68. The van der Waals surface area contributed by atoms with Crippen LogP contribution in [0.25, 0.3) is 0 Å². The second-order valence-corrected chi connectivity index (χ2v) is 6.97. The van der Waals surface area contributed by atoms with Gasteiger partial charge in [-0.3, -0.25) is 9.59 Å². The fourth-order valence-corrected chi connectivity index (χ4v) is 2.68. The van der Waals surface area contributed by atoms with Crippen molar-refractivity contribution < 1.29 is 35.9 Å². The van der Waals surface area contributed by atoms with E-state index in [-0.39, 0.29) is 11.4 Å². The van der Waals surface area contributed by atoms with E-state index < -0.39 is 41.2 Å². The molecule has 2 amide bonds. The highest BCUT2D eigenvalue weighted by atomic mass is 19.3. The zero-order valence-corrected chi connectivity index (χ0v) is 16.8. The van der Waals surface area contributed by atoms with Crippen LogP contribution in [0.1, 0.15) is 22.5 Å². The highest BCUT2D eigenvalue weighted by molar-refractivity contribution is 6.00. The Morgan fingerprint density at radius 1 is 0.677 bits per heavy atom. The number of hydrogen-bond donors (Lipinski definition) is 2. The van der Waals surface area contributed by atoms with Crippen molar-refractivity contribution in [3.8, 4) is 0 Å². The third kappa shape index (κ3) is 4.78. The predicted molar refractivity (Wildman–Crippen MR) is 99.5 cm³/mol. The third-order valence-electron chi connectivity index (χ3n) is 4.04. The van der Waals surface area contributed by atoms with E-state index in [1.807, 2.05) is 0 Å². The molecular weight excluding hydrogens is 430 g/mol. The van der Waals surface area contributed by atoms with Crippen molar-refractivity contribution in [3.05, 3.63) is 46.8 Å². The summed E-state index contributed by atoms with van der Waals surface area (Å²) in [5.74, 6) is -24.8. The number of amides is 2. The van der Waals surface area contributed by atoms with Gasteiger partial charge < -0.3 is 10.6 Å². The first-order valence-corrected chi connectivity index (χ1v) is 8.75. The fraction of sp³-hybridized carbons (Fsp3) is 0.368. The molecule has 0 aliphatic rings. The molecule has 0 saturated carbocycles. The molecular formula is C19H18F6N4O2. The second-order valence-electron chi connectivity index (χ2n) is 6.97. The van der Waals surface area contributed by atoms with E-state index in [0.29, 0.717) is 11.1 Å². The minimum Gasteiger partial charge on any atom is -0.305 e. The number of rotatable bonds is 6. The number of nitrogens with zero attached hydrogens (tertiary/aromatic N) is 2. The van der Waals surface area contributed by atoms with Gasteiger partial charge in [-0.15, -0.1) is 0 Å². The molecule has 6 nitrogen and oxygen atoms in total. The summed E-state index contributed by atoms with van der Waals surface area (Å²) >= 11 is 0. The van der Waals surface area contributed by atoms with E-state index in [0.717, 1.165) is 12.1 Å². The van der Waals surface area contributed by atoms with Crippen LogP contribution >= 0.6 is 0 Å². The summed E-state index contributed by atoms with van der Waals surface area (Å²) in [5, 5.41) is 2.78. The van der Waals surface area contributed by atoms with Gasteiger partial charge in [-0.05, 0) is 63.1 Å². The summed E-state index contributed by atoms with van der Waals surface area (Å²) in [6.45, 7) is 5.90. The van der Waals surface area contributed by atoms with E-state index >= 15 is 0 Å². The minimum atomic E-state index is -6.37. The van der Waals surface area contributed by atoms with Gasteiger partial charge in [0, 0.05) is 11.4 Å². The third-order valence-corrected chi connectivity index (χ3v) is 4.04. The summed E-state index contributed by atoms with van der Waals surface area (Å²) in [4.78, 5) is 30.8. The molecule has 168 valence electrons.